The quantitative estimate of drug-likeness (QED) is 0.602. The number of hydrogen-bond acceptors (Lipinski definition) is 6. The van der Waals surface area contributed by atoms with E-state index in [1.54, 1.807) is 24.3 Å². The van der Waals surface area contributed by atoms with Gasteiger partial charge in [-0.05, 0) is 30.3 Å². The van der Waals surface area contributed by atoms with Crippen LogP contribution in [0.3, 0.4) is 0 Å². The Kier molecular flexibility index (Phi) is 5.43. The Morgan fingerprint density at radius 2 is 1.70 bits per heavy atom. The molecule has 0 bridgehead atoms. The minimum atomic E-state index is -1.32. The molecule has 1 atom stereocenters. The number of Topliss-reactive ketones (excluding diaryl/α,β-unsaturated/α-hetero) is 1. The van der Waals surface area contributed by atoms with Crippen molar-refractivity contribution in [2.24, 2.45) is 0 Å². The smallest absolute Gasteiger partial charge is 0.204 e. The van der Waals surface area contributed by atoms with Crippen LogP contribution in [0.25, 0.3) is 0 Å². The molecule has 2 N–H and O–H groups in total. The Hall–Kier alpha value is -2.73. The van der Waals surface area contributed by atoms with Gasteiger partial charge in [-0.2, -0.15) is 0 Å². The standard InChI is InChI=1S/C17H18O6/c1-21-14-5-3-4-6-15(14)23-17(20)10-13(19)11-7-8-12(18)16(9-11)22-2/h3-9,17-18,20H,10H2,1-2H3. The van der Waals surface area contributed by atoms with Crippen LogP contribution in [-0.4, -0.2) is 36.5 Å². The van der Waals surface area contributed by atoms with E-state index in [9.17, 15) is 15.0 Å². The van der Waals surface area contributed by atoms with Gasteiger partial charge in [0, 0.05) is 5.56 Å². The zero-order chi connectivity index (χ0) is 16.8. The van der Waals surface area contributed by atoms with Crippen LogP contribution in [0, 0.1) is 0 Å². The number of hydrogen-bond donors (Lipinski definition) is 2. The Labute approximate surface area is 133 Å². The third kappa shape index (κ3) is 4.14. The summed E-state index contributed by atoms with van der Waals surface area (Å²) in [5, 5.41) is 19.5. The van der Waals surface area contributed by atoms with Crippen LogP contribution in [-0.2, 0) is 0 Å². The fourth-order valence-corrected chi connectivity index (χ4v) is 2.03. The highest BCUT2D eigenvalue weighted by atomic mass is 16.6. The van der Waals surface area contributed by atoms with Crippen LogP contribution < -0.4 is 14.2 Å². The SMILES string of the molecule is COc1cc(C(=O)CC(O)Oc2ccccc2OC)ccc1O. The number of phenols is 1. The van der Waals surface area contributed by atoms with Gasteiger partial charge in [-0.1, -0.05) is 12.1 Å². The van der Waals surface area contributed by atoms with Gasteiger partial charge < -0.3 is 24.4 Å². The van der Waals surface area contributed by atoms with E-state index in [2.05, 4.69) is 0 Å². The average molecular weight is 318 g/mol. The Balaban J connectivity index is 2.05. The summed E-state index contributed by atoms with van der Waals surface area (Å²) in [5.74, 6) is 0.598. The van der Waals surface area contributed by atoms with Crippen LogP contribution in [0.2, 0.25) is 0 Å². The molecule has 122 valence electrons. The highest BCUT2D eigenvalue weighted by Gasteiger charge is 2.17. The molecule has 6 heteroatoms. The number of rotatable bonds is 7. The number of ether oxygens (including phenoxy) is 3. The maximum absolute atomic E-state index is 12.2. The van der Waals surface area contributed by atoms with Crippen molar-refractivity contribution in [3.8, 4) is 23.0 Å². The third-order valence-electron chi connectivity index (χ3n) is 3.19. The van der Waals surface area contributed by atoms with Crippen molar-refractivity contribution in [1.82, 2.24) is 0 Å². The number of aliphatic hydroxyl groups excluding tert-OH is 1. The van der Waals surface area contributed by atoms with E-state index in [1.165, 1.54) is 32.4 Å². The van der Waals surface area contributed by atoms with Gasteiger partial charge in [-0.3, -0.25) is 4.79 Å². The van der Waals surface area contributed by atoms with Crippen LogP contribution in [0.5, 0.6) is 23.0 Å². The zero-order valence-corrected chi connectivity index (χ0v) is 12.9. The summed E-state index contributed by atoms with van der Waals surface area (Å²) >= 11 is 0. The fourth-order valence-electron chi connectivity index (χ4n) is 2.03. The molecule has 2 aromatic rings. The maximum Gasteiger partial charge on any atom is 0.204 e. The number of aliphatic hydroxyl groups is 1. The highest BCUT2D eigenvalue weighted by molar-refractivity contribution is 5.96. The molecule has 0 aliphatic rings. The van der Waals surface area contributed by atoms with Gasteiger partial charge in [-0.15, -0.1) is 0 Å². The summed E-state index contributed by atoms with van der Waals surface area (Å²) in [4.78, 5) is 12.2. The minimum absolute atomic E-state index is 0.0603. The minimum Gasteiger partial charge on any atom is -0.504 e. The summed E-state index contributed by atoms with van der Waals surface area (Å²) in [5.41, 5.74) is 0.308. The first-order chi connectivity index (χ1) is 11.0. The summed E-state index contributed by atoms with van der Waals surface area (Å²) in [6.07, 6.45) is -1.56. The van der Waals surface area contributed by atoms with E-state index >= 15 is 0 Å². The van der Waals surface area contributed by atoms with Crippen molar-refractivity contribution in [1.29, 1.82) is 0 Å². The van der Waals surface area contributed by atoms with E-state index in [0.29, 0.717) is 17.1 Å². The molecule has 0 radical (unpaired) electrons. The van der Waals surface area contributed by atoms with Gasteiger partial charge in [0.2, 0.25) is 6.29 Å². The molecule has 2 rings (SSSR count). The molecule has 0 saturated carbocycles. The summed E-state index contributed by atoms with van der Waals surface area (Å²) in [7, 11) is 2.88. The first kappa shape index (κ1) is 16.6. The second-order valence-corrected chi connectivity index (χ2v) is 4.74. The zero-order valence-electron chi connectivity index (χ0n) is 12.9. The number of phenolic OH excluding ortho intramolecular Hbond substituents is 1. The van der Waals surface area contributed by atoms with Gasteiger partial charge >= 0.3 is 0 Å². The van der Waals surface area contributed by atoms with Crippen LogP contribution >= 0.6 is 0 Å². The van der Waals surface area contributed by atoms with Crippen molar-refractivity contribution >= 4 is 5.78 Å². The number of benzene rings is 2. The average Bonchev–Trinajstić information content (AvgIpc) is 2.55. The predicted octanol–water partition coefficient (Wildman–Crippen LogP) is 2.38. The molecule has 6 nitrogen and oxygen atoms in total. The van der Waals surface area contributed by atoms with Crippen LogP contribution in [0.4, 0.5) is 0 Å². The normalized spacial score (nSPS) is 11.6. The maximum atomic E-state index is 12.2. The molecule has 0 aliphatic heterocycles. The van der Waals surface area contributed by atoms with Crippen molar-refractivity contribution in [3.63, 3.8) is 0 Å². The van der Waals surface area contributed by atoms with Crippen molar-refractivity contribution in [3.05, 3.63) is 48.0 Å². The molecule has 0 aromatic heterocycles. The molecule has 23 heavy (non-hydrogen) atoms. The summed E-state index contributed by atoms with van der Waals surface area (Å²) < 4.78 is 15.4. The summed E-state index contributed by atoms with van der Waals surface area (Å²) in [6.45, 7) is 0. The Morgan fingerprint density at radius 1 is 1.04 bits per heavy atom. The second-order valence-electron chi connectivity index (χ2n) is 4.74. The van der Waals surface area contributed by atoms with Crippen molar-refractivity contribution in [2.75, 3.05) is 14.2 Å². The second kappa shape index (κ2) is 7.51. The molecule has 0 heterocycles. The third-order valence-corrected chi connectivity index (χ3v) is 3.19. The topological polar surface area (TPSA) is 85.2 Å². The number of para-hydroxylation sites is 2. The van der Waals surface area contributed by atoms with Crippen molar-refractivity contribution in [2.45, 2.75) is 12.7 Å². The first-order valence-electron chi connectivity index (χ1n) is 6.93. The number of carbonyl (C=O) groups is 1. The molecule has 0 aliphatic carbocycles. The van der Waals surface area contributed by atoms with Crippen molar-refractivity contribution < 1.29 is 29.2 Å². The van der Waals surface area contributed by atoms with E-state index < -0.39 is 6.29 Å². The lowest BCUT2D eigenvalue weighted by molar-refractivity contribution is -0.0193. The van der Waals surface area contributed by atoms with E-state index in [1.807, 2.05) is 0 Å². The van der Waals surface area contributed by atoms with E-state index in [0.717, 1.165) is 0 Å². The van der Waals surface area contributed by atoms with Crippen LogP contribution in [0.1, 0.15) is 16.8 Å². The van der Waals surface area contributed by atoms with Crippen LogP contribution in [0.15, 0.2) is 42.5 Å². The van der Waals surface area contributed by atoms with Gasteiger partial charge in [-0.25, -0.2) is 0 Å². The highest BCUT2D eigenvalue weighted by Crippen LogP contribution is 2.29. The molecular weight excluding hydrogens is 300 g/mol. The molecule has 0 saturated heterocycles. The van der Waals surface area contributed by atoms with Gasteiger partial charge in [0.15, 0.2) is 28.8 Å². The van der Waals surface area contributed by atoms with Gasteiger partial charge in [0.05, 0.1) is 20.6 Å². The first-order valence-corrected chi connectivity index (χ1v) is 6.93. The number of carbonyl (C=O) groups excluding carboxylic acids is 1. The molecule has 0 amide bonds. The molecular formula is C17H18O6. The molecule has 2 aromatic carbocycles. The largest absolute Gasteiger partial charge is 0.504 e. The summed E-state index contributed by atoms with van der Waals surface area (Å²) in [6, 6.07) is 11.1. The Bertz CT molecular complexity index is 683. The monoisotopic (exact) mass is 318 g/mol. The van der Waals surface area contributed by atoms with Gasteiger partial charge in [0.1, 0.15) is 0 Å². The lowest BCUT2D eigenvalue weighted by Gasteiger charge is -2.15. The van der Waals surface area contributed by atoms with E-state index in [4.69, 9.17) is 14.2 Å². The molecule has 0 fully saturated rings. The Morgan fingerprint density at radius 3 is 2.35 bits per heavy atom. The van der Waals surface area contributed by atoms with E-state index in [-0.39, 0.29) is 23.7 Å². The lowest BCUT2D eigenvalue weighted by atomic mass is 10.1. The fraction of sp³-hybridized carbons (Fsp3) is 0.235. The number of ketones is 1. The van der Waals surface area contributed by atoms with Gasteiger partial charge in [0.25, 0.3) is 0 Å². The number of methoxy groups -OCH3 is 2. The predicted molar refractivity (Wildman–Crippen MR) is 83.2 cm³/mol. The number of aromatic hydroxyl groups is 1. The lowest BCUT2D eigenvalue weighted by Crippen LogP contribution is -2.20. The molecule has 1 unspecified atom stereocenters. The molecule has 0 spiro atoms.